The van der Waals surface area contributed by atoms with Crippen molar-refractivity contribution in [2.45, 2.75) is 17.1 Å². The highest BCUT2D eigenvalue weighted by molar-refractivity contribution is 8.00. The summed E-state index contributed by atoms with van der Waals surface area (Å²) in [5.41, 5.74) is 6.66. The second-order valence-corrected chi connectivity index (χ2v) is 5.17. The van der Waals surface area contributed by atoms with Crippen molar-refractivity contribution >= 4 is 28.2 Å². The number of pyridine rings is 1. The highest BCUT2D eigenvalue weighted by Crippen LogP contribution is 2.32. The fourth-order valence-corrected chi connectivity index (χ4v) is 2.49. The fourth-order valence-electron chi connectivity index (χ4n) is 1.54. The molecule has 1 aromatic carbocycles. The molecule has 0 saturated carbocycles. The van der Waals surface area contributed by atoms with Gasteiger partial charge in [-0.1, -0.05) is 6.92 Å². The molecule has 0 fully saturated rings. The molecule has 16 heavy (non-hydrogen) atoms. The van der Waals surface area contributed by atoms with E-state index in [-0.39, 0.29) is 11.9 Å². The van der Waals surface area contributed by atoms with Gasteiger partial charge in [-0.15, -0.1) is 11.8 Å². The summed E-state index contributed by atoms with van der Waals surface area (Å²) in [7, 11) is 0. The van der Waals surface area contributed by atoms with E-state index in [1.807, 2.05) is 31.3 Å². The molecule has 2 aromatic rings. The van der Waals surface area contributed by atoms with Crippen molar-refractivity contribution in [2.24, 2.45) is 0 Å². The minimum absolute atomic E-state index is 0.163. The van der Waals surface area contributed by atoms with E-state index < -0.39 is 0 Å². The number of thioether (sulfide) groups is 1. The van der Waals surface area contributed by atoms with E-state index >= 15 is 0 Å². The zero-order valence-corrected chi connectivity index (χ0v) is 9.87. The van der Waals surface area contributed by atoms with Crippen LogP contribution in [-0.2, 0) is 0 Å². The van der Waals surface area contributed by atoms with Gasteiger partial charge in [0.2, 0.25) is 0 Å². The van der Waals surface area contributed by atoms with Gasteiger partial charge >= 0.3 is 0 Å². The first-order valence-corrected chi connectivity index (χ1v) is 6.00. The number of aromatic nitrogens is 1. The summed E-state index contributed by atoms with van der Waals surface area (Å²) in [6.07, 6.45) is 3.56. The van der Waals surface area contributed by atoms with E-state index in [4.69, 9.17) is 10.8 Å². The van der Waals surface area contributed by atoms with Gasteiger partial charge in [-0.25, -0.2) is 0 Å². The fraction of sp³-hybridized carbons (Fsp3) is 0.250. The van der Waals surface area contributed by atoms with Gasteiger partial charge in [-0.3, -0.25) is 4.98 Å². The summed E-state index contributed by atoms with van der Waals surface area (Å²) in [5.74, 6) is 0. The molecule has 3 nitrogen and oxygen atoms in total. The Labute approximate surface area is 98.7 Å². The van der Waals surface area contributed by atoms with Gasteiger partial charge in [-0.2, -0.15) is 0 Å². The van der Waals surface area contributed by atoms with E-state index in [0.29, 0.717) is 0 Å². The summed E-state index contributed by atoms with van der Waals surface area (Å²) < 4.78 is 0. The zero-order chi connectivity index (χ0) is 11.5. The Hall–Kier alpha value is -1.26. The first kappa shape index (κ1) is 11.2. The van der Waals surface area contributed by atoms with Crippen LogP contribution in [0.5, 0.6) is 0 Å². The van der Waals surface area contributed by atoms with Crippen LogP contribution in [0.2, 0.25) is 0 Å². The van der Waals surface area contributed by atoms with Gasteiger partial charge in [0, 0.05) is 39.0 Å². The van der Waals surface area contributed by atoms with Crippen LogP contribution in [0.3, 0.4) is 0 Å². The van der Waals surface area contributed by atoms with E-state index in [1.165, 1.54) is 0 Å². The Bertz CT molecular complexity index is 501. The van der Waals surface area contributed by atoms with Gasteiger partial charge < -0.3 is 10.8 Å². The monoisotopic (exact) mass is 234 g/mol. The molecule has 0 amide bonds. The molecule has 1 atom stereocenters. The third kappa shape index (κ3) is 2.13. The molecule has 1 heterocycles. The smallest absolute Gasteiger partial charge is 0.0550 e. The minimum atomic E-state index is 0.163. The lowest BCUT2D eigenvalue weighted by molar-refractivity contribution is 0.300. The van der Waals surface area contributed by atoms with Crippen LogP contribution in [0, 0.1) is 0 Å². The lowest BCUT2D eigenvalue weighted by atomic mass is 10.1. The number of nitrogens with zero attached hydrogens (tertiary/aromatic N) is 1. The molecular weight excluding hydrogens is 220 g/mol. The maximum atomic E-state index is 9.06. The quantitative estimate of drug-likeness (QED) is 0.632. The number of fused-ring (bicyclic) bond motifs is 1. The lowest BCUT2D eigenvalue weighted by Gasteiger charge is -2.11. The number of aliphatic hydroxyl groups excluding tert-OH is 1. The normalized spacial score (nSPS) is 12.9. The van der Waals surface area contributed by atoms with Gasteiger partial charge in [0.25, 0.3) is 0 Å². The highest BCUT2D eigenvalue weighted by Gasteiger charge is 2.08. The predicted octanol–water partition coefficient (Wildman–Crippen LogP) is 2.29. The predicted molar refractivity (Wildman–Crippen MR) is 68.6 cm³/mol. The number of aliphatic hydroxyl groups is 1. The number of hydrogen-bond donors (Lipinski definition) is 2. The van der Waals surface area contributed by atoms with Crippen LogP contribution in [0.25, 0.3) is 10.8 Å². The van der Waals surface area contributed by atoms with Crippen molar-refractivity contribution in [1.29, 1.82) is 0 Å². The first-order valence-electron chi connectivity index (χ1n) is 5.12. The Balaban J connectivity index is 2.50. The molecule has 0 bridgehead atoms. The standard InChI is InChI=1S/C12H14N2OS/c1-8(7-15)16-12-3-2-11(13)9-4-5-14-6-10(9)12/h2-6,8,15H,7,13H2,1H3. The second-order valence-electron chi connectivity index (χ2n) is 3.69. The van der Waals surface area contributed by atoms with Crippen LogP contribution in [0.1, 0.15) is 6.92 Å². The lowest BCUT2D eigenvalue weighted by Crippen LogP contribution is -2.01. The van der Waals surface area contributed by atoms with Crippen LogP contribution < -0.4 is 5.73 Å². The molecule has 0 spiro atoms. The number of nitrogen functional groups attached to an aromatic ring is 1. The summed E-state index contributed by atoms with van der Waals surface area (Å²) in [5, 5.41) is 11.3. The topological polar surface area (TPSA) is 59.1 Å². The van der Waals surface area contributed by atoms with Gasteiger partial charge in [-0.05, 0) is 18.2 Å². The molecule has 1 unspecified atom stereocenters. The van der Waals surface area contributed by atoms with Gasteiger partial charge in [0.15, 0.2) is 0 Å². The van der Waals surface area contributed by atoms with Crippen molar-refractivity contribution in [3.05, 3.63) is 30.6 Å². The number of nitrogens with two attached hydrogens (primary N) is 1. The van der Waals surface area contributed by atoms with E-state index in [0.717, 1.165) is 21.4 Å². The van der Waals surface area contributed by atoms with Crippen molar-refractivity contribution < 1.29 is 5.11 Å². The maximum Gasteiger partial charge on any atom is 0.0550 e. The van der Waals surface area contributed by atoms with Crippen LogP contribution in [-0.4, -0.2) is 21.9 Å². The first-order chi connectivity index (χ1) is 7.72. The summed E-state index contributed by atoms with van der Waals surface area (Å²) in [4.78, 5) is 5.23. The SMILES string of the molecule is CC(CO)Sc1ccc(N)c2ccncc12. The molecule has 0 radical (unpaired) electrons. The molecule has 4 heteroatoms. The average molecular weight is 234 g/mol. The Morgan fingerprint density at radius 1 is 1.38 bits per heavy atom. The number of anilines is 1. The number of rotatable bonds is 3. The third-order valence-electron chi connectivity index (χ3n) is 2.40. The van der Waals surface area contributed by atoms with E-state index in [2.05, 4.69) is 4.98 Å². The van der Waals surface area contributed by atoms with Crippen molar-refractivity contribution in [3.8, 4) is 0 Å². The molecular formula is C12H14N2OS. The van der Waals surface area contributed by atoms with Gasteiger partial charge in [0.05, 0.1) is 6.61 Å². The van der Waals surface area contributed by atoms with Crippen LogP contribution in [0.15, 0.2) is 35.5 Å². The van der Waals surface area contributed by atoms with E-state index in [9.17, 15) is 0 Å². The van der Waals surface area contributed by atoms with Crippen molar-refractivity contribution in [3.63, 3.8) is 0 Å². The summed E-state index contributed by atoms with van der Waals surface area (Å²) >= 11 is 1.64. The average Bonchev–Trinajstić information content (AvgIpc) is 2.33. The Morgan fingerprint density at radius 3 is 2.94 bits per heavy atom. The molecule has 0 aliphatic heterocycles. The summed E-state index contributed by atoms with van der Waals surface area (Å²) in [6.45, 7) is 2.15. The Morgan fingerprint density at radius 2 is 2.19 bits per heavy atom. The van der Waals surface area contributed by atoms with Crippen molar-refractivity contribution in [2.75, 3.05) is 12.3 Å². The zero-order valence-electron chi connectivity index (χ0n) is 9.05. The largest absolute Gasteiger partial charge is 0.398 e. The number of benzene rings is 1. The highest BCUT2D eigenvalue weighted by atomic mass is 32.2. The molecule has 0 aliphatic rings. The molecule has 0 aliphatic carbocycles. The molecule has 84 valence electrons. The minimum Gasteiger partial charge on any atom is -0.398 e. The molecule has 0 saturated heterocycles. The molecule has 1 aromatic heterocycles. The van der Waals surface area contributed by atoms with Crippen molar-refractivity contribution in [1.82, 2.24) is 4.98 Å². The van der Waals surface area contributed by atoms with E-state index in [1.54, 1.807) is 18.0 Å². The van der Waals surface area contributed by atoms with Crippen LogP contribution >= 0.6 is 11.8 Å². The van der Waals surface area contributed by atoms with Crippen LogP contribution in [0.4, 0.5) is 5.69 Å². The number of hydrogen-bond acceptors (Lipinski definition) is 4. The molecule has 3 N–H and O–H groups in total. The molecule has 2 rings (SSSR count). The second kappa shape index (κ2) is 4.72. The third-order valence-corrected chi connectivity index (χ3v) is 3.56. The maximum absolute atomic E-state index is 9.06. The summed E-state index contributed by atoms with van der Waals surface area (Å²) in [6, 6.07) is 5.79. The Kier molecular flexibility index (Phi) is 3.31. The van der Waals surface area contributed by atoms with Gasteiger partial charge in [0.1, 0.15) is 0 Å².